The summed E-state index contributed by atoms with van der Waals surface area (Å²) >= 11 is 0. The van der Waals surface area contributed by atoms with E-state index in [0.717, 1.165) is 6.42 Å². The maximum atomic E-state index is 8.94. The fraction of sp³-hybridized carbons (Fsp3) is 0.462. The zero-order valence-corrected chi connectivity index (χ0v) is 10.5. The van der Waals surface area contributed by atoms with E-state index in [0.29, 0.717) is 23.6 Å². The van der Waals surface area contributed by atoms with Crippen LogP contribution in [0.15, 0.2) is 18.2 Å². The molecule has 0 radical (unpaired) electrons. The van der Waals surface area contributed by atoms with Gasteiger partial charge in [0.2, 0.25) is 0 Å². The minimum atomic E-state index is -0.222. The first kappa shape index (κ1) is 13.3. The molecule has 0 aliphatic carbocycles. The number of benzene rings is 1. The van der Waals surface area contributed by atoms with Crippen molar-refractivity contribution in [1.29, 1.82) is 5.26 Å². The molecule has 1 aromatic carbocycles. The van der Waals surface area contributed by atoms with Crippen LogP contribution in [-0.2, 0) is 4.74 Å². The van der Waals surface area contributed by atoms with Gasteiger partial charge in [-0.15, -0.1) is 0 Å². The molecule has 4 heteroatoms. The largest absolute Gasteiger partial charge is 0.492 e. The Hall–Kier alpha value is -1.73. The first-order chi connectivity index (χ1) is 7.98. The molecule has 0 heterocycles. The summed E-state index contributed by atoms with van der Waals surface area (Å²) in [7, 11) is 1.67. The highest BCUT2D eigenvalue weighted by molar-refractivity contribution is 5.53. The second kappa shape index (κ2) is 5.55. The Morgan fingerprint density at radius 3 is 2.71 bits per heavy atom. The minimum absolute atomic E-state index is 0.222. The van der Waals surface area contributed by atoms with Crippen molar-refractivity contribution in [3.8, 4) is 11.8 Å². The Labute approximate surface area is 102 Å². The van der Waals surface area contributed by atoms with E-state index in [2.05, 4.69) is 6.07 Å². The fourth-order valence-electron chi connectivity index (χ4n) is 1.27. The van der Waals surface area contributed by atoms with Crippen molar-refractivity contribution in [3.63, 3.8) is 0 Å². The Morgan fingerprint density at radius 1 is 1.41 bits per heavy atom. The van der Waals surface area contributed by atoms with Crippen LogP contribution in [0.3, 0.4) is 0 Å². The molecule has 0 fully saturated rings. The number of hydrogen-bond acceptors (Lipinski definition) is 4. The maximum Gasteiger partial charge on any atom is 0.137 e. The standard InChI is InChI=1S/C13H18N2O2/c1-13(2,16-3)6-7-17-12-5-4-11(15)8-10(12)9-14/h4-5,8H,6-7,15H2,1-3H3. The van der Waals surface area contributed by atoms with E-state index in [1.165, 1.54) is 0 Å². The fourth-order valence-corrected chi connectivity index (χ4v) is 1.27. The Kier molecular flexibility index (Phi) is 4.36. The van der Waals surface area contributed by atoms with Gasteiger partial charge in [-0.25, -0.2) is 0 Å². The average Bonchev–Trinajstić information content (AvgIpc) is 2.30. The molecule has 0 spiro atoms. The first-order valence-electron chi connectivity index (χ1n) is 5.46. The van der Waals surface area contributed by atoms with E-state index >= 15 is 0 Å². The molecule has 0 saturated heterocycles. The Bertz CT molecular complexity index is 422. The number of nitrogens with two attached hydrogens (primary N) is 1. The highest BCUT2D eigenvalue weighted by atomic mass is 16.5. The number of nitriles is 1. The van der Waals surface area contributed by atoms with Crippen molar-refractivity contribution in [2.24, 2.45) is 0 Å². The van der Waals surface area contributed by atoms with Crippen molar-refractivity contribution in [2.75, 3.05) is 19.5 Å². The molecule has 0 aromatic heterocycles. The van der Waals surface area contributed by atoms with Crippen LogP contribution in [0, 0.1) is 11.3 Å². The second-order valence-electron chi connectivity index (χ2n) is 4.43. The van der Waals surface area contributed by atoms with Crippen LogP contribution in [0.4, 0.5) is 5.69 Å². The number of rotatable bonds is 5. The van der Waals surface area contributed by atoms with Gasteiger partial charge in [0.25, 0.3) is 0 Å². The van der Waals surface area contributed by atoms with E-state index in [1.54, 1.807) is 25.3 Å². The van der Waals surface area contributed by atoms with Gasteiger partial charge >= 0.3 is 0 Å². The molecule has 0 aliphatic rings. The monoisotopic (exact) mass is 234 g/mol. The van der Waals surface area contributed by atoms with Crippen LogP contribution in [0.25, 0.3) is 0 Å². The lowest BCUT2D eigenvalue weighted by atomic mass is 10.1. The van der Waals surface area contributed by atoms with Gasteiger partial charge in [0.05, 0.1) is 17.8 Å². The quantitative estimate of drug-likeness (QED) is 0.794. The molecule has 0 amide bonds. The Balaban J connectivity index is 2.62. The van der Waals surface area contributed by atoms with Gasteiger partial charge in [0.15, 0.2) is 0 Å². The van der Waals surface area contributed by atoms with Gasteiger partial charge < -0.3 is 15.2 Å². The van der Waals surface area contributed by atoms with Crippen LogP contribution < -0.4 is 10.5 Å². The highest BCUT2D eigenvalue weighted by Crippen LogP contribution is 2.21. The maximum absolute atomic E-state index is 8.94. The molecule has 0 atom stereocenters. The van der Waals surface area contributed by atoms with Gasteiger partial charge in [-0.1, -0.05) is 0 Å². The molecule has 0 aliphatic heterocycles. The molecular formula is C13H18N2O2. The van der Waals surface area contributed by atoms with E-state index in [4.69, 9.17) is 20.5 Å². The predicted molar refractivity (Wildman–Crippen MR) is 66.8 cm³/mol. The zero-order valence-electron chi connectivity index (χ0n) is 10.5. The SMILES string of the molecule is COC(C)(C)CCOc1ccc(N)cc1C#N. The third-order valence-corrected chi connectivity index (χ3v) is 2.64. The molecule has 0 unspecified atom stereocenters. The first-order valence-corrected chi connectivity index (χ1v) is 5.46. The van der Waals surface area contributed by atoms with Crippen LogP contribution in [-0.4, -0.2) is 19.3 Å². The van der Waals surface area contributed by atoms with Crippen molar-refractivity contribution < 1.29 is 9.47 Å². The molecule has 2 N–H and O–H groups in total. The van der Waals surface area contributed by atoms with E-state index < -0.39 is 0 Å². The summed E-state index contributed by atoms with van der Waals surface area (Å²) < 4.78 is 10.8. The number of anilines is 1. The summed E-state index contributed by atoms with van der Waals surface area (Å²) in [6.07, 6.45) is 0.749. The van der Waals surface area contributed by atoms with Crippen LogP contribution in [0.2, 0.25) is 0 Å². The smallest absolute Gasteiger partial charge is 0.137 e. The Morgan fingerprint density at radius 2 is 2.12 bits per heavy atom. The highest BCUT2D eigenvalue weighted by Gasteiger charge is 2.16. The molecule has 1 aromatic rings. The average molecular weight is 234 g/mol. The molecule has 92 valence electrons. The van der Waals surface area contributed by atoms with E-state index in [-0.39, 0.29) is 5.60 Å². The van der Waals surface area contributed by atoms with Crippen molar-refractivity contribution in [1.82, 2.24) is 0 Å². The zero-order chi connectivity index (χ0) is 12.9. The van der Waals surface area contributed by atoms with Gasteiger partial charge in [0, 0.05) is 19.2 Å². The summed E-state index contributed by atoms with van der Waals surface area (Å²) in [6, 6.07) is 7.11. The van der Waals surface area contributed by atoms with E-state index in [1.807, 2.05) is 13.8 Å². The molecule has 0 saturated carbocycles. The lowest BCUT2D eigenvalue weighted by Gasteiger charge is -2.22. The topological polar surface area (TPSA) is 68.3 Å². The van der Waals surface area contributed by atoms with Gasteiger partial charge in [0.1, 0.15) is 11.8 Å². The van der Waals surface area contributed by atoms with Crippen molar-refractivity contribution in [3.05, 3.63) is 23.8 Å². The van der Waals surface area contributed by atoms with Crippen LogP contribution in [0.1, 0.15) is 25.8 Å². The minimum Gasteiger partial charge on any atom is -0.492 e. The summed E-state index contributed by atoms with van der Waals surface area (Å²) in [5.41, 5.74) is 6.39. The molecular weight excluding hydrogens is 216 g/mol. The second-order valence-corrected chi connectivity index (χ2v) is 4.43. The van der Waals surface area contributed by atoms with E-state index in [9.17, 15) is 0 Å². The number of ether oxygens (including phenoxy) is 2. The number of hydrogen-bond donors (Lipinski definition) is 1. The third-order valence-electron chi connectivity index (χ3n) is 2.64. The van der Waals surface area contributed by atoms with Gasteiger partial charge in [-0.3, -0.25) is 0 Å². The summed E-state index contributed by atoms with van der Waals surface area (Å²) in [5.74, 6) is 0.564. The van der Waals surface area contributed by atoms with Gasteiger partial charge in [-0.2, -0.15) is 5.26 Å². The lowest BCUT2D eigenvalue weighted by Crippen LogP contribution is -2.25. The number of nitrogen functional groups attached to an aromatic ring is 1. The summed E-state index contributed by atoms with van der Waals surface area (Å²) in [6.45, 7) is 4.48. The molecule has 4 nitrogen and oxygen atoms in total. The number of methoxy groups -OCH3 is 1. The molecule has 1 rings (SSSR count). The number of nitrogens with zero attached hydrogens (tertiary/aromatic N) is 1. The molecule has 0 bridgehead atoms. The van der Waals surface area contributed by atoms with Crippen molar-refractivity contribution >= 4 is 5.69 Å². The van der Waals surface area contributed by atoms with Crippen LogP contribution >= 0.6 is 0 Å². The lowest BCUT2D eigenvalue weighted by molar-refractivity contribution is 0.00543. The predicted octanol–water partition coefficient (Wildman–Crippen LogP) is 2.33. The third kappa shape index (κ3) is 3.97. The molecule has 17 heavy (non-hydrogen) atoms. The van der Waals surface area contributed by atoms with Crippen molar-refractivity contribution in [2.45, 2.75) is 25.9 Å². The van der Waals surface area contributed by atoms with Crippen LogP contribution in [0.5, 0.6) is 5.75 Å². The summed E-state index contributed by atoms with van der Waals surface area (Å²) in [5, 5.41) is 8.94. The normalized spacial score (nSPS) is 10.9. The summed E-state index contributed by atoms with van der Waals surface area (Å²) in [4.78, 5) is 0. The van der Waals surface area contributed by atoms with Gasteiger partial charge in [-0.05, 0) is 32.0 Å².